The van der Waals surface area contributed by atoms with Crippen LogP contribution < -0.4 is 0 Å². The molecule has 0 radical (unpaired) electrons. The number of amides is 1. The van der Waals surface area contributed by atoms with Crippen LogP contribution in [0.2, 0.25) is 0 Å². The van der Waals surface area contributed by atoms with Gasteiger partial charge in [0.15, 0.2) is 0 Å². The molecular weight excluding hydrogens is 300 g/mol. The molecule has 0 aromatic heterocycles. The topological polar surface area (TPSA) is 113 Å². The molecule has 0 fully saturated rings. The second-order valence-electron chi connectivity index (χ2n) is 3.91. The molecule has 0 aliphatic rings. The van der Waals surface area contributed by atoms with Crippen LogP contribution in [0.15, 0.2) is 35.4 Å². The maximum Gasteiger partial charge on any atom is 0.396 e. The molecule has 9 heteroatoms. The van der Waals surface area contributed by atoms with Crippen molar-refractivity contribution in [2.75, 3.05) is 19.4 Å². The van der Waals surface area contributed by atoms with Crippen LogP contribution in [-0.2, 0) is 23.9 Å². The standard InChI is InChI=1S/C12H14N2O6S/c1-21(18,19)20-8-7-14(11(15)12(16)17)13-9-10-5-3-2-4-6-10/h2-6,9H,7-8H2,1H3,(H,16,17). The second kappa shape index (κ2) is 7.50. The molecule has 0 bridgehead atoms. The summed E-state index contributed by atoms with van der Waals surface area (Å²) in [5, 5.41) is 13.0. The molecule has 0 heterocycles. The third-order valence-corrected chi connectivity index (χ3v) is 2.76. The van der Waals surface area contributed by atoms with E-state index in [1.807, 2.05) is 0 Å². The Balaban J connectivity index is 2.76. The van der Waals surface area contributed by atoms with Crippen LogP contribution in [0.5, 0.6) is 0 Å². The van der Waals surface area contributed by atoms with Gasteiger partial charge in [0.2, 0.25) is 0 Å². The average molecular weight is 314 g/mol. The van der Waals surface area contributed by atoms with Gasteiger partial charge in [0.1, 0.15) is 0 Å². The van der Waals surface area contributed by atoms with Crippen LogP contribution in [-0.4, -0.2) is 56.0 Å². The minimum Gasteiger partial charge on any atom is -0.474 e. The first-order valence-corrected chi connectivity index (χ1v) is 7.59. The molecule has 1 aromatic carbocycles. The second-order valence-corrected chi connectivity index (χ2v) is 5.56. The van der Waals surface area contributed by atoms with E-state index in [4.69, 9.17) is 5.11 Å². The molecule has 0 aliphatic carbocycles. The summed E-state index contributed by atoms with van der Waals surface area (Å²) in [6.45, 7) is -0.689. The van der Waals surface area contributed by atoms with Crippen LogP contribution in [0.1, 0.15) is 5.56 Å². The lowest BCUT2D eigenvalue weighted by atomic mass is 10.2. The van der Waals surface area contributed by atoms with E-state index in [0.717, 1.165) is 6.26 Å². The maximum atomic E-state index is 11.4. The lowest BCUT2D eigenvalue weighted by molar-refractivity contribution is -0.156. The number of carboxylic acid groups (broad SMARTS) is 1. The van der Waals surface area contributed by atoms with Crippen LogP contribution >= 0.6 is 0 Å². The van der Waals surface area contributed by atoms with Crippen LogP contribution in [0.3, 0.4) is 0 Å². The van der Waals surface area contributed by atoms with Crippen LogP contribution in [0.4, 0.5) is 0 Å². The smallest absolute Gasteiger partial charge is 0.396 e. The van der Waals surface area contributed by atoms with Gasteiger partial charge in [-0.15, -0.1) is 0 Å². The SMILES string of the molecule is CS(=O)(=O)OCCN(N=Cc1ccccc1)C(=O)C(=O)O. The number of hydrazone groups is 1. The molecule has 8 nitrogen and oxygen atoms in total. The molecule has 1 amide bonds. The summed E-state index contributed by atoms with van der Waals surface area (Å²) in [6.07, 6.45) is 2.14. The fourth-order valence-electron chi connectivity index (χ4n) is 1.27. The predicted octanol–water partition coefficient (Wildman–Crippen LogP) is -0.0901. The van der Waals surface area contributed by atoms with Gasteiger partial charge in [0, 0.05) is 0 Å². The lowest BCUT2D eigenvalue weighted by Gasteiger charge is -2.14. The van der Waals surface area contributed by atoms with Crippen molar-refractivity contribution in [3.05, 3.63) is 35.9 Å². The van der Waals surface area contributed by atoms with Gasteiger partial charge in [-0.1, -0.05) is 30.3 Å². The predicted molar refractivity (Wildman–Crippen MR) is 74.2 cm³/mol. The Hall–Kier alpha value is -2.26. The Morgan fingerprint density at radius 1 is 1.33 bits per heavy atom. The van der Waals surface area contributed by atoms with Crippen molar-refractivity contribution in [3.63, 3.8) is 0 Å². The summed E-state index contributed by atoms with van der Waals surface area (Å²) < 4.78 is 26.1. The van der Waals surface area contributed by atoms with Gasteiger partial charge >= 0.3 is 11.9 Å². The van der Waals surface area contributed by atoms with Crippen molar-refractivity contribution in [2.24, 2.45) is 5.10 Å². The molecule has 0 spiro atoms. The number of hydrogen-bond donors (Lipinski definition) is 1. The van der Waals surface area contributed by atoms with E-state index in [9.17, 15) is 18.0 Å². The zero-order chi connectivity index (χ0) is 15.9. The minimum atomic E-state index is -3.67. The fourth-order valence-corrected chi connectivity index (χ4v) is 1.65. The van der Waals surface area contributed by atoms with Crippen molar-refractivity contribution in [3.8, 4) is 0 Å². The summed E-state index contributed by atoms with van der Waals surface area (Å²) in [7, 11) is -3.67. The Morgan fingerprint density at radius 3 is 2.48 bits per heavy atom. The molecule has 0 saturated heterocycles. The summed E-state index contributed by atoms with van der Waals surface area (Å²) in [4.78, 5) is 22.1. The molecule has 1 aromatic rings. The molecule has 0 unspecified atom stereocenters. The van der Waals surface area contributed by atoms with E-state index in [-0.39, 0.29) is 13.2 Å². The molecule has 21 heavy (non-hydrogen) atoms. The Bertz CT molecular complexity index is 626. The first-order valence-electron chi connectivity index (χ1n) is 5.78. The molecule has 0 saturated carbocycles. The zero-order valence-electron chi connectivity index (χ0n) is 11.2. The highest BCUT2D eigenvalue weighted by Gasteiger charge is 2.20. The van der Waals surface area contributed by atoms with E-state index in [2.05, 4.69) is 9.28 Å². The quantitative estimate of drug-likeness (QED) is 0.340. The first-order chi connectivity index (χ1) is 9.79. The van der Waals surface area contributed by atoms with Crippen molar-refractivity contribution in [1.29, 1.82) is 0 Å². The van der Waals surface area contributed by atoms with Gasteiger partial charge in [-0.2, -0.15) is 13.5 Å². The van der Waals surface area contributed by atoms with E-state index >= 15 is 0 Å². The molecule has 1 rings (SSSR count). The van der Waals surface area contributed by atoms with E-state index in [0.29, 0.717) is 10.6 Å². The van der Waals surface area contributed by atoms with Gasteiger partial charge < -0.3 is 5.11 Å². The number of carboxylic acids is 1. The van der Waals surface area contributed by atoms with Crippen LogP contribution in [0, 0.1) is 0 Å². The highest BCUT2D eigenvalue weighted by atomic mass is 32.2. The minimum absolute atomic E-state index is 0.304. The normalized spacial score (nSPS) is 11.5. The largest absolute Gasteiger partial charge is 0.474 e. The summed E-state index contributed by atoms with van der Waals surface area (Å²) in [5.74, 6) is -2.97. The van der Waals surface area contributed by atoms with E-state index in [1.54, 1.807) is 30.3 Å². The van der Waals surface area contributed by atoms with Gasteiger partial charge in [0.05, 0.1) is 25.6 Å². The summed E-state index contributed by atoms with van der Waals surface area (Å²) in [5.41, 5.74) is 0.657. The van der Waals surface area contributed by atoms with Crippen molar-refractivity contribution >= 4 is 28.2 Å². The van der Waals surface area contributed by atoms with Gasteiger partial charge in [0.25, 0.3) is 10.1 Å². The summed E-state index contributed by atoms with van der Waals surface area (Å²) in [6, 6.07) is 8.70. The third kappa shape index (κ3) is 6.63. The molecule has 114 valence electrons. The average Bonchev–Trinajstić information content (AvgIpc) is 2.41. The van der Waals surface area contributed by atoms with Crippen LogP contribution in [0.25, 0.3) is 0 Å². The lowest BCUT2D eigenvalue weighted by Crippen LogP contribution is -2.35. The fraction of sp³-hybridized carbons (Fsp3) is 0.250. The van der Waals surface area contributed by atoms with E-state index < -0.39 is 22.0 Å². The molecule has 0 atom stereocenters. The highest BCUT2D eigenvalue weighted by molar-refractivity contribution is 7.85. The Kier molecular flexibility index (Phi) is 6.00. The Morgan fingerprint density at radius 2 is 1.95 bits per heavy atom. The van der Waals surface area contributed by atoms with Gasteiger partial charge in [-0.3, -0.25) is 8.98 Å². The monoisotopic (exact) mass is 314 g/mol. The number of carbonyl (C=O) groups is 2. The summed E-state index contributed by atoms with van der Waals surface area (Å²) >= 11 is 0. The number of benzene rings is 1. The molecule has 0 aliphatic heterocycles. The number of carbonyl (C=O) groups excluding carboxylic acids is 1. The number of hydrogen-bond acceptors (Lipinski definition) is 6. The van der Waals surface area contributed by atoms with Crippen molar-refractivity contribution in [1.82, 2.24) is 5.01 Å². The number of aliphatic carboxylic acids is 1. The maximum absolute atomic E-state index is 11.4. The third-order valence-electron chi connectivity index (χ3n) is 2.16. The Labute approximate surface area is 121 Å². The van der Waals surface area contributed by atoms with Crippen molar-refractivity contribution < 1.29 is 27.3 Å². The van der Waals surface area contributed by atoms with Gasteiger partial charge in [-0.05, 0) is 5.56 Å². The van der Waals surface area contributed by atoms with Crippen molar-refractivity contribution in [2.45, 2.75) is 0 Å². The molecular formula is C12H14N2O6S. The van der Waals surface area contributed by atoms with Gasteiger partial charge in [-0.25, -0.2) is 9.80 Å². The van der Waals surface area contributed by atoms with E-state index in [1.165, 1.54) is 6.21 Å². The number of rotatable bonds is 6. The number of nitrogens with zero attached hydrogens (tertiary/aromatic N) is 2. The zero-order valence-corrected chi connectivity index (χ0v) is 12.0. The first kappa shape index (κ1) is 16.8. The highest BCUT2D eigenvalue weighted by Crippen LogP contribution is 1.98. The molecule has 1 N–H and O–H groups in total.